The van der Waals surface area contributed by atoms with Crippen molar-refractivity contribution in [3.8, 4) is 0 Å². The van der Waals surface area contributed by atoms with Gasteiger partial charge in [0.1, 0.15) is 0 Å². The molecule has 4 nitrogen and oxygen atoms in total. The molecular formula is C15H17F2N3O. The Balaban J connectivity index is 1.53. The van der Waals surface area contributed by atoms with Crippen molar-refractivity contribution in [1.82, 2.24) is 15.6 Å². The van der Waals surface area contributed by atoms with Gasteiger partial charge in [0.25, 0.3) is 5.92 Å². The molecule has 1 saturated heterocycles. The zero-order valence-electron chi connectivity index (χ0n) is 11.5. The standard InChI is InChI=1S/C15H17F2N3O/c16-15(17)7-13(20-9-15)14(21)18-6-5-10-8-19-12-4-2-1-3-11(10)12/h1-4,8,13,19-20H,5-7,9H2,(H,18,21). The van der Waals surface area contributed by atoms with Gasteiger partial charge in [-0.3, -0.25) is 10.1 Å². The maximum Gasteiger partial charge on any atom is 0.262 e. The summed E-state index contributed by atoms with van der Waals surface area (Å²) >= 11 is 0. The summed E-state index contributed by atoms with van der Waals surface area (Å²) in [6.07, 6.45) is 2.16. The van der Waals surface area contributed by atoms with Crippen LogP contribution in [0, 0.1) is 0 Å². The third-order valence-electron chi connectivity index (χ3n) is 3.79. The number of hydrogen-bond donors (Lipinski definition) is 3. The fraction of sp³-hybridized carbons (Fsp3) is 0.400. The molecule has 0 saturated carbocycles. The highest BCUT2D eigenvalue weighted by molar-refractivity contribution is 5.84. The maximum atomic E-state index is 13.0. The Bertz CT molecular complexity index is 653. The second-order valence-corrected chi connectivity index (χ2v) is 5.39. The molecule has 1 fully saturated rings. The maximum absolute atomic E-state index is 13.0. The molecule has 6 heteroatoms. The highest BCUT2D eigenvalue weighted by atomic mass is 19.3. The highest BCUT2D eigenvalue weighted by Gasteiger charge is 2.42. The van der Waals surface area contributed by atoms with E-state index in [9.17, 15) is 13.6 Å². The summed E-state index contributed by atoms with van der Waals surface area (Å²) in [5.74, 6) is -3.13. The number of rotatable bonds is 4. The first-order valence-electron chi connectivity index (χ1n) is 6.99. The number of carbonyl (C=O) groups is 1. The van der Waals surface area contributed by atoms with Crippen LogP contribution in [0.5, 0.6) is 0 Å². The van der Waals surface area contributed by atoms with Crippen LogP contribution in [-0.4, -0.2) is 35.9 Å². The summed E-state index contributed by atoms with van der Waals surface area (Å²) in [6.45, 7) is 0.0119. The lowest BCUT2D eigenvalue weighted by atomic mass is 10.1. The number of fused-ring (bicyclic) bond motifs is 1. The van der Waals surface area contributed by atoms with E-state index in [0.29, 0.717) is 13.0 Å². The monoisotopic (exact) mass is 293 g/mol. The third kappa shape index (κ3) is 3.05. The number of hydrogen-bond acceptors (Lipinski definition) is 2. The fourth-order valence-electron chi connectivity index (χ4n) is 2.68. The zero-order valence-corrected chi connectivity index (χ0v) is 11.5. The minimum atomic E-state index is -2.78. The van der Waals surface area contributed by atoms with Crippen molar-refractivity contribution in [2.75, 3.05) is 13.1 Å². The van der Waals surface area contributed by atoms with Gasteiger partial charge in [-0.05, 0) is 18.1 Å². The van der Waals surface area contributed by atoms with Crippen molar-refractivity contribution >= 4 is 16.8 Å². The van der Waals surface area contributed by atoms with Crippen LogP contribution in [0.1, 0.15) is 12.0 Å². The van der Waals surface area contributed by atoms with Crippen LogP contribution < -0.4 is 10.6 Å². The molecule has 21 heavy (non-hydrogen) atoms. The number of nitrogens with one attached hydrogen (secondary N) is 3. The highest BCUT2D eigenvalue weighted by Crippen LogP contribution is 2.25. The number of para-hydroxylation sites is 1. The number of carbonyl (C=O) groups excluding carboxylic acids is 1. The Kier molecular flexibility index (Phi) is 3.63. The van der Waals surface area contributed by atoms with E-state index in [4.69, 9.17) is 0 Å². The topological polar surface area (TPSA) is 56.9 Å². The van der Waals surface area contributed by atoms with Crippen molar-refractivity contribution in [2.24, 2.45) is 0 Å². The number of amides is 1. The number of benzene rings is 1. The summed E-state index contributed by atoms with van der Waals surface area (Å²) in [6, 6.07) is 7.13. The molecule has 2 heterocycles. The molecule has 1 aliphatic rings. The van der Waals surface area contributed by atoms with Gasteiger partial charge in [0.2, 0.25) is 5.91 Å². The zero-order chi connectivity index (χ0) is 14.9. The van der Waals surface area contributed by atoms with Gasteiger partial charge >= 0.3 is 0 Å². The lowest BCUT2D eigenvalue weighted by Crippen LogP contribution is -2.41. The van der Waals surface area contributed by atoms with Crippen LogP contribution in [0.2, 0.25) is 0 Å². The lowest BCUT2D eigenvalue weighted by Gasteiger charge is -2.10. The van der Waals surface area contributed by atoms with Crippen molar-refractivity contribution in [3.63, 3.8) is 0 Å². The fourth-order valence-corrected chi connectivity index (χ4v) is 2.68. The second kappa shape index (κ2) is 5.44. The van der Waals surface area contributed by atoms with E-state index in [-0.39, 0.29) is 5.91 Å². The van der Waals surface area contributed by atoms with E-state index in [1.807, 2.05) is 30.5 Å². The van der Waals surface area contributed by atoms with E-state index in [2.05, 4.69) is 15.6 Å². The number of aromatic amines is 1. The average molecular weight is 293 g/mol. The molecule has 1 aliphatic heterocycles. The molecule has 1 unspecified atom stereocenters. The molecule has 0 radical (unpaired) electrons. The lowest BCUT2D eigenvalue weighted by molar-refractivity contribution is -0.123. The van der Waals surface area contributed by atoms with Crippen LogP contribution in [0.3, 0.4) is 0 Å². The normalized spacial score (nSPS) is 20.8. The summed E-state index contributed by atoms with van der Waals surface area (Å²) in [4.78, 5) is 15.0. The van der Waals surface area contributed by atoms with Crippen molar-refractivity contribution < 1.29 is 13.6 Å². The van der Waals surface area contributed by atoms with Gasteiger partial charge in [0, 0.05) is 30.1 Å². The Morgan fingerprint density at radius 2 is 2.19 bits per heavy atom. The molecular weight excluding hydrogens is 276 g/mol. The van der Waals surface area contributed by atoms with Crippen LogP contribution in [0.25, 0.3) is 10.9 Å². The van der Waals surface area contributed by atoms with E-state index in [1.54, 1.807) is 0 Å². The molecule has 2 aromatic rings. The van der Waals surface area contributed by atoms with Crippen molar-refractivity contribution in [3.05, 3.63) is 36.0 Å². The van der Waals surface area contributed by atoms with Gasteiger partial charge in [-0.15, -0.1) is 0 Å². The third-order valence-corrected chi connectivity index (χ3v) is 3.79. The van der Waals surface area contributed by atoms with E-state index in [0.717, 1.165) is 16.5 Å². The van der Waals surface area contributed by atoms with Crippen molar-refractivity contribution in [1.29, 1.82) is 0 Å². The van der Waals surface area contributed by atoms with Crippen LogP contribution >= 0.6 is 0 Å². The molecule has 1 aromatic heterocycles. The summed E-state index contributed by atoms with van der Waals surface area (Å²) < 4.78 is 26.1. The molecule has 0 bridgehead atoms. The summed E-state index contributed by atoms with van der Waals surface area (Å²) in [7, 11) is 0. The van der Waals surface area contributed by atoms with Gasteiger partial charge < -0.3 is 10.3 Å². The summed E-state index contributed by atoms with van der Waals surface area (Å²) in [5.41, 5.74) is 2.16. The largest absolute Gasteiger partial charge is 0.361 e. The first kappa shape index (κ1) is 14.0. The Labute approximate surface area is 120 Å². The molecule has 1 atom stereocenters. The Hall–Kier alpha value is -1.95. The number of halogens is 2. The molecule has 1 aromatic carbocycles. The predicted octanol–water partition coefficient (Wildman–Crippen LogP) is 1.82. The predicted molar refractivity (Wildman–Crippen MR) is 76.4 cm³/mol. The molecule has 112 valence electrons. The smallest absolute Gasteiger partial charge is 0.262 e. The van der Waals surface area contributed by atoms with Gasteiger partial charge in [-0.25, -0.2) is 8.78 Å². The molecule has 3 rings (SSSR count). The van der Waals surface area contributed by atoms with Crippen LogP contribution in [0.15, 0.2) is 30.5 Å². The average Bonchev–Trinajstić information content (AvgIpc) is 3.03. The molecule has 0 aliphatic carbocycles. The van der Waals surface area contributed by atoms with E-state index < -0.39 is 24.9 Å². The minimum Gasteiger partial charge on any atom is -0.361 e. The number of aromatic nitrogens is 1. The Morgan fingerprint density at radius 1 is 1.38 bits per heavy atom. The van der Waals surface area contributed by atoms with Gasteiger partial charge in [0.15, 0.2) is 0 Å². The molecule has 1 amide bonds. The SMILES string of the molecule is O=C(NCCc1c[nH]c2ccccc12)C1CC(F)(F)CN1. The second-order valence-electron chi connectivity index (χ2n) is 5.39. The van der Waals surface area contributed by atoms with Crippen LogP contribution in [0.4, 0.5) is 8.78 Å². The van der Waals surface area contributed by atoms with E-state index in [1.165, 1.54) is 0 Å². The number of alkyl halides is 2. The first-order chi connectivity index (χ1) is 10.1. The number of H-pyrrole nitrogens is 1. The van der Waals surface area contributed by atoms with Crippen LogP contribution in [-0.2, 0) is 11.2 Å². The quantitative estimate of drug-likeness (QED) is 0.805. The minimum absolute atomic E-state index is 0.355. The van der Waals surface area contributed by atoms with Crippen molar-refractivity contribution in [2.45, 2.75) is 24.8 Å². The molecule has 0 spiro atoms. The van der Waals surface area contributed by atoms with E-state index >= 15 is 0 Å². The first-order valence-corrected chi connectivity index (χ1v) is 6.99. The summed E-state index contributed by atoms with van der Waals surface area (Å²) in [5, 5.41) is 6.39. The van der Waals surface area contributed by atoms with Gasteiger partial charge in [0.05, 0.1) is 12.6 Å². The molecule has 3 N–H and O–H groups in total. The van der Waals surface area contributed by atoms with Gasteiger partial charge in [-0.1, -0.05) is 18.2 Å². The van der Waals surface area contributed by atoms with Gasteiger partial charge in [-0.2, -0.15) is 0 Å². The Morgan fingerprint density at radius 3 is 2.95 bits per heavy atom.